The van der Waals surface area contributed by atoms with Crippen molar-refractivity contribution in [3.63, 3.8) is 0 Å². The highest BCUT2D eigenvalue weighted by molar-refractivity contribution is 5.77. The van der Waals surface area contributed by atoms with Crippen molar-refractivity contribution in [3.05, 3.63) is 29.8 Å². The number of ether oxygens (including phenoxy) is 1. The fourth-order valence-corrected chi connectivity index (χ4v) is 1.58. The molecule has 0 saturated carbocycles. The standard InChI is InChI=1S/C13H21N3O2/c1-16(10-13(17)15-7-8-18-2)9-11-3-5-12(14)6-4-11/h3-6H,7-10,14H2,1-2H3,(H,15,17). The number of nitrogens with one attached hydrogen (secondary N) is 1. The van der Waals surface area contributed by atoms with Crippen LogP contribution in [-0.4, -0.2) is 44.7 Å². The highest BCUT2D eigenvalue weighted by atomic mass is 16.5. The van der Waals surface area contributed by atoms with E-state index in [-0.39, 0.29) is 5.91 Å². The molecule has 5 nitrogen and oxygen atoms in total. The molecule has 0 aliphatic heterocycles. The molecule has 0 bridgehead atoms. The van der Waals surface area contributed by atoms with E-state index >= 15 is 0 Å². The molecule has 1 rings (SSSR count). The number of carbonyl (C=O) groups is 1. The first-order chi connectivity index (χ1) is 8.61. The molecule has 1 aromatic carbocycles. The Morgan fingerprint density at radius 3 is 2.67 bits per heavy atom. The summed E-state index contributed by atoms with van der Waals surface area (Å²) >= 11 is 0. The second-order valence-electron chi connectivity index (χ2n) is 4.26. The predicted molar refractivity (Wildman–Crippen MR) is 72.1 cm³/mol. The Hall–Kier alpha value is -1.59. The van der Waals surface area contributed by atoms with E-state index in [9.17, 15) is 4.79 Å². The zero-order chi connectivity index (χ0) is 13.4. The number of carbonyl (C=O) groups excluding carboxylic acids is 1. The van der Waals surface area contributed by atoms with Gasteiger partial charge in [0.1, 0.15) is 0 Å². The van der Waals surface area contributed by atoms with E-state index in [2.05, 4.69) is 5.32 Å². The molecule has 100 valence electrons. The molecule has 5 heteroatoms. The van der Waals surface area contributed by atoms with E-state index in [4.69, 9.17) is 10.5 Å². The molecule has 18 heavy (non-hydrogen) atoms. The van der Waals surface area contributed by atoms with Crippen LogP contribution in [0.3, 0.4) is 0 Å². The monoisotopic (exact) mass is 251 g/mol. The number of hydrogen-bond donors (Lipinski definition) is 2. The molecule has 0 fully saturated rings. The number of likely N-dealkylation sites (N-methyl/N-ethyl adjacent to an activating group) is 1. The van der Waals surface area contributed by atoms with Crippen LogP contribution in [0.4, 0.5) is 5.69 Å². The molecule has 0 saturated heterocycles. The molecule has 1 amide bonds. The molecular weight excluding hydrogens is 230 g/mol. The summed E-state index contributed by atoms with van der Waals surface area (Å²) in [7, 11) is 3.52. The third kappa shape index (κ3) is 5.65. The Morgan fingerprint density at radius 1 is 1.39 bits per heavy atom. The second-order valence-corrected chi connectivity index (χ2v) is 4.26. The van der Waals surface area contributed by atoms with Crippen molar-refractivity contribution in [2.75, 3.05) is 39.6 Å². The summed E-state index contributed by atoms with van der Waals surface area (Å²) < 4.78 is 4.86. The molecule has 0 unspecified atom stereocenters. The molecular formula is C13H21N3O2. The first-order valence-electron chi connectivity index (χ1n) is 5.90. The van der Waals surface area contributed by atoms with E-state index in [0.29, 0.717) is 19.7 Å². The van der Waals surface area contributed by atoms with Crippen LogP contribution < -0.4 is 11.1 Å². The van der Waals surface area contributed by atoms with E-state index in [1.165, 1.54) is 0 Å². The summed E-state index contributed by atoms with van der Waals surface area (Å²) in [4.78, 5) is 13.5. The Balaban J connectivity index is 2.30. The molecule has 0 radical (unpaired) electrons. The molecule has 3 N–H and O–H groups in total. The number of amides is 1. The number of rotatable bonds is 7. The summed E-state index contributed by atoms with van der Waals surface area (Å²) in [5.74, 6) is 0.00463. The van der Waals surface area contributed by atoms with Crippen LogP contribution in [0, 0.1) is 0 Å². The van der Waals surface area contributed by atoms with Gasteiger partial charge in [-0.05, 0) is 24.7 Å². The summed E-state index contributed by atoms with van der Waals surface area (Å²) in [6.07, 6.45) is 0. The van der Waals surface area contributed by atoms with Gasteiger partial charge < -0.3 is 15.8 Å². The van der Waals surface area contributed by atoms with Gasteiger partial charge in [-0.1, -0.05) is 12.1 Å². The normalized spacial score (nSPS) is 10.6. The van der Waals surface area contributed by atoms with Gasteiger partial charge in [0.15, 0.2) is 0 Å². The summed E-state index contributed by atoms with van der Waals surface area (Å²) in [5.41, 5.74) is 7.50. The van der Waals surface area contributed by atoms with Crippen molar-refractivity contribution in [2.24, 2.45) is 0 Å². The quantitative estimate of drug-likeness (QED) is 0.546. The van der Waals surface area contributed by atoms with Crippen LogP contribution in [-0.2, 0) is 16.1 Å². The third-order valence-corrected chi connectivity index (χ3v) is 2.47. The number of methoxy groups -OCH3 is 1. The average molecular weight is 251 g/mol. The van der Waals surface area contributed by atoms with Crippen molar-refractivity contribution in [1.29, 1.82) is 0 Å². The van der Waals surface area contributed by atoms with Gasteiger partial charge >= 0.3 is 0 Å². The first-order valence-corrected chi connectivity index (χ1v) is 5.90. The molecule has 0 aliphatic carbocycles. The first kappa shape index (κ1) is 14.5. The lowest BCUT2D eigenvalue weighted by Crippen LogP contribution is -2.36. The molecule has 1 aromatic rings. The lowest BCUT2D eigenvalue weighted by molar-refractivity contribution is -0.122. The number of nitrogens with zero attached hydrogens (tertiary/aromatic N) is 1. The van der Waals surface area contributed by atoms with Crippen LogP contribution in [0.1, 0.15) is 5.56 Å². The molecule has 0 atom stereocenters. The largest absolute Gasteiger partial charge is 0.399 e. The van der Waals surface area contributed by atoms with E-state index < -0.39 is 0 Å². The van der Waals surface area contributed by atoms with Crippen LogP contribution >= 0.6 is 0 Å². The minimum Gasteiger partial charge on any atom is -0.399 e. The number of anilines is 1. The van der Waals surface area contributed by atoms with Crippen LogP contribution in [0.15, 0.2) is 24.3 Å². The summed E-state index contributed by atoms with van der Waals surface area (Å²) in [5, 5.41) is 2.78. The van der Waals surface area contributed by atoms with Gasteiger partial charge in [-0.25, -0.2) is 0 Å². The Labute approximate surface area is 108 Å². The van der Waals surface area contributed by atoms with Gasteiger partial charge in [-0.15, -0.1) is 0 Å². The smallest absolute Gasteiger partial charge is 0.234 e. The number of benzene rings is 1. The van der Waals surface area contributed by atoms with E-state index in [1.807, 2.05) is 36.2 Å². The number of hydrogen-bond acceptors (Lipinski definition) is 4. The maximum atomic E-state index is 11.5. The van der Waals surface area contributed by atoms with E-state index in [0.717, 1.165) is 17.8 Å². The Kier molecular flexibility index (Phi) is 6.18. The van der Waals surface area contributed by atoms with Gasteiger partial charge in [0.05, 0.1) is 13.2 Å². The number of nitrogens with two attached hydrogens (primary N) is 1. The van der Waals surface area contributed by atoms with Gasteiger partial charge in [0.25, 0.3) is 0 Å². The Bertz CT molecular complexity index is 365. The lowest BCUT2D eigenvalue weighted by Gasteiger charge is -2.16. The Morgan fingerprint density at radius 2 is 2.06 bits per heavy atom. The van der Waals surface area contributed by atoms with Gasteiger partial charge in [-0.2, -0.15) is 0 Å². The van der Waals surface area contributed by atoms with Gasteiger partial charge in [-0.3, -0.25) is 9.69 Å². The van der Waals surface area contributed by atoms with Crippen molar-refractivity contribution >= 4 is 11.6 Å². The summed E-state index contributed by atoms with van der Waals surface area (Å²) in [6.45, 7) is 2.17. The van der Waals surface area contributed by atoms with Crippen molar-refractivity contribution in [3.8, 4) is 0 Å². The minimum atomic E-state index is 0.00463. The maximum absolute atomic E-state index is 11.5. The molecule has 0 spiro atoms. The molecule has 0 heterocycles. The highest BCUT2D eigenvalue weighted by Gasteiger charge is 2.06. The lowest BCUT2D eigenvalue weighted by atomic mass is 10.2. The van der Waals surface area contributed by atoms with Crippen LogP contribution in [0.5, 0.6) is 0 Å². The third-order valence-electron chi connectivity index (χ3n) is 2.47. The summed E-state index contributed by atoms with van der Waals surface area (Å²) in [6, 6.07) is 7.66. The van der Waals surface area contributed by atoms with Crippen molar-refractivity contribution in [1.82, 2.24) is 10.2 Å². The fraction of sp³-hybridized carbons (Fsp3) is 0.462. The molecule has 0 aromatic heterocycles. The van der Waals surface area contributed by atoms with Crippen LogP contribution in [0.25, 0.3) is 0 Å². The predicted octanol–water partition coefficient (Wildman–Crippen LogP) is 0.463. The zero-order valence-electron chi connectivity index (χ0n) is 11.0. The minimum absolute atomic E-state index is 0.00463. The van der Waals surface area contributed by atoms with Crippen molar-refractivity contribution in [2.45, 2.75) is 6.54 Å². The highest BCUT2D eigenvalue weighted by Crippen LogP contribution is 2.07. The average Bonchev–Trinajstić information content (AvgIpc) is 2.32. The van der Waals surface area contributed by atoms with Gasteiger partial charge in [0.2, 0.25) is 5.91 Å². The van der Waals surface area contributed by atoms with E-state index in [1.54, 1.807) is 7.11 Å². The zero-order valence-corrected chi connectivity index (χ0v) is 11.0. The van der Waals surface area contributed by atoms with Crippen LogP contribution in [0.2, 0.25) is 0 Å². The van der Waals surface area contributed by atoms with Gasteiger partial charge in [0, 0.05) is 25.9 Å². The fourth-order valence-electron chi connectivity index (χ4n) is 1.58. The topological polar surface area (TPSA) is 67.6 Å². The SMILES string of the molecule is COCCNC(=O)CN(C)Cc1ccc(N)cc1. The maximum Gasteiger partial charge on any atom is 0.234 e. The second kappa shape index (κ2) is 7.68. The number of nitrogen functional groups attached to an aromatic ring is 1. The molecule has 0 aliphatic rings. The van der Waals surface area contributed by atoms with Crippen molar-refractivity contribution < 1.29 is 9.53 Å².